The van der Waals surface area contributed by atoms with Crippen LogP contribution in [0.15, 0.2) is 65.4 Å². The van der Waals surface area contributed by atoms with Crippen LogP contribution in [0.25, 0.3) is 21.9 Å². The fourth-order valence-electron chi connectivity index (χ4n) is 7.03. The molecule has 1 aliphatic carbocycles. The highest BCUT2D eigenvalue weighted by Gasteiger charge is 2.60. The van der Waals surface area contributed by atoms with Crippen molar-refractivity contribution in [2.45, 2.75) is 31.8 Å². The summed E-state index contributed by atoms with van der Waals surface area (Å²) < 4.78 is 13.1. The lowest BCUT2D eigenvalue weighted by molar-refractivity contribution is -0.156. The lowest BCUT2D eigenvalue weighted by atomic mass is 9.67. The molecule has 3 unspecified atom stereocenters. The molecule has 6 rings (SSSR count). The number of carboxylic acids is 1. The molecular formula is C35H35N5O9. The third-order valence-electron chi connectivity index (χ3n) is 9.60. The number of benzene rings is 1. The number of nitrogens with zero attached hydrogens (tertiary/aromatic N) is 4. The van der Waals surface area contributed by atoms with Gasteiger partial charge in [0.15, 0.2) is 0 Å². The predicted molar refractivity (Wildman–Crippen MR) is 175 cm³/mol. The number of methoxy groups -OCH3 is 2. The van der Waals surface area contributed by atoms with E-state index in [-0.39, 0.29) is 43.5 Å². The lowest BCUT2D eigenvalue weighted by Crippen LogP contribution is -2.55. The SMILES string of the molecule is COc1cc(-c2cn(C)c(=O)c3cnccc23)cc(OC)c1CN(C)CCC1(C(=O)O)C=CC=C2C(=O)N(C3CCC(=O)NC3=O)C(=O)C21. The average molecular weight is 670 g/mol. The molecule has 14 nitrogen and oxygen atoms in total. The van der Waals surface area contributed by atoms with Gasteiger partial charge in [-0.15, -0.1) is 0 Å². The van der Waals surface area contributed by atoms with E-state index in [1.165, 1.54) is 43.2 Å². The molecule has 2 saturated heterocycles. The van der Waals surface area contributed by atoms with Crippen molar-refractivity contribution >= 4 is 40.4 Å². The molecule has 4 amide bonds. The molecule has 254 valence electrons. The number of carbonyl (C=O) groups excluding carboxylic acids is 4. The number of aromatic nitrogens is 2. The highest BCUT2D eigenvalue weighted by atomic mass is 16.5. The van der Waals surface area contributed by atoms with Gasteiger partial charge < -0.3 is 24.0 Å². The van der Waals surface area contributed by atoms with E-state index in [0.29, 0.717) is 22.4 Å². The van der Waals surface area contributed by atoms with E-state index in [4.69, 9.17) is 9.47 Å². The third-order valence-corrected chi connectivity index (χ3v) is 9.60. The zero-order chi connectivity index (χ0) is 35.2. The Morgan fingerprint density at radius 1 is 1.12 bits per heavy atom. The first-order valence-corrected chi connectivity index (χ1v) is 15.6. The maximum atomic E-state index is 13.8. The van der Waals surface area contributed by atoms with Crippen molar-refractivity contribution < 1.29 is 38.6 Å². The van der Waals surface area contributed by atoms with Crippen molar-refractivity contribution in [2.24, 2.45) is 18.4 Å². The third kappa shape index (κ3) is 5.57. The minimum Gasteiger partial charge on any atom is -0.496 e. The summed E-state index contributed by atoms with van der Waals surface area (Å²) in [4.78, 5) is 84.0. The quantitative estimate of drug-likeness (QED) is 0.301. The number of rotatable bonds is 10. The van der Waals surface area contributed by atoms with Gasteiger partial charge in [0, 0.05) is 49.7 Å². The Morgan fingerprint density at radius 3 is 2.49 bits per heavy atom. The van der Waals surface area contributed by atoms with E-state index >= 15 is 0 Å². The van der Waals surface area contributed by atoms with Crippen LogP contribution in [0.5, 0.6) is 11.5 Å². The number of carboxylic acid groups (broad SMARTS) is 1. The number of likely N-dealkylation sites (tertiary alicyclic amines) is 1. The number of aryl methyl sites for hydroxylation is 1. The topological polar surface area (TPSA) is 177 Å². The number of ether oxygens (including phenoxy) is 2. The van der Waals surface area contributed by atoms with E-state index in [2.05, 4.69) is 10.3 Å². The van der Waals surface area contributed by atoms with Gasteiger partial charge in [-0.05, 0) is 55.6 Å². The smallest absolute Gasteiger partial charge is 0.314 e. The van der Waals surface area contributed by atoms with Crippen LogP contribution in [0.4, 0.5) is 0 Å². The predicted octanol–water partition coefficient (Wildman–Crippen LogP) is 1.80. The Bertz CT molecular complexity index is 2030. The van der Waals surface area contributed by atoms with Gasteiger partial charge in [0.05, 0.1) is 31.1 Å². The summed E-state index contributed by atoms with van der Waals surface area (Å²) >= 11 is 0. The number of aliphatic carboxylic acids is 1. The molecule has 2 aliphatic heterocycles. The van der Waals surface area contributed by atoms with Crippen molar-refractivity contribution in [3.63, 3.8) is 0 Å². The molecule has 0 saturated carbocycles. The number of imide groups is 2. The first-order chi connectivity index (χ1) is 23.4. The van der Waals surface area contributed by atoms with Crippen LogP contribution < -0.4 is 20.3 Å². The standard InChI is InChI=1S/C35H35N5O9/c1-38(17-24-26(48-3)14-19(15-27(24)49-4)23-18-39(2)31(43)22-16-36-12-9-20(22)23)13-11-35(34(46)47)10-5-6-21-29(35)33(45)40(32(21)44)25-7-8-28(41)37-30(25)42/h5-6,9-10,12,14-16,18,25,29H,7-8,11,13,17H2,1-4H3,(H,46,47)(H,37,41,42). The second-order valence-corrected chi connectivity index (χ2v) is 12.5. The second-order valence-electron chi connectivity index (χ2n) is 12.5. The fraction of sp³-hybridized carbons (Fsp3) is 0.343. The zero-order valence-corrected chi connectivity index (χ0v) is 27.4. The Labute approximate surface area is 280 Å². The molecule has 2 N–H and O–H groups in total. The summed E-state index contributed by atoms with van der Waals surface area (Å²) in [6, 6.07) is 4.27. The van der Waals surface area contributed by atoms with E-state index in [0.717, 1.165) is 21.4 Å². The Balaban J connectivity index is 1.27. The molecule has 0 bridgehead atoms. The normalized spacial score (nSPS) is 22.0. The largest absolute Gasteiger partial charge is 0.496 e. The summed E-state index contributed by atoms with van der Waals surface area (Å²) in [7, 11) is 6.52. The first kappa shape index (κ1) is 33.3. The second kappa shape index (κ2) is 12.8. The number of amides is 4. The molecular weight excluding hydrogens is 634 g/mol. The van der Waals surface area contributed by atoms with Gasteiger partial charge in [0.2, 0.25) is 17.7 Å². The van der Waals surface area contributed by atoms with Gasteiger partial charge in [-0.25, -0.2) is 0 Å². The molecule has 49 heavy (non-hydrogen) atoms. The Hall–Kier alpha value is -5.63. The van der Waals surface area contributed by atoms with Gasteiger partial charge in [-0.3, -0.25) is 44.0 Å². The number of hydrogen-bond donors (Lipinski definition) is 2. The molecule has 1 aromatic carbocycles. The molecule has 4 heterocycles. The van der Waals surface area contributed by atoms with Crippen LogP contribution in [0, 0.1) is 11.3 Å². The monoisotopic (exact) mass is 669 g/mol. The molecule has 3 atom stereocenters. The number of carbonyl (C=O) groups is 5. The van der Waals surface area contributed by atoms with Crippen LogP contribution in [0.3, 0.4) is 0 Å². The van der Waals surface area contributed by atoms with Crippen molar-refractivity contribution in [3.05, 3.63) is 76.5 Å². The van der Waals surface area contributed by atoms with Gasteiger partial charge in [0.25, 0.3) is 11.5 Å². The molecule has 3 aromatic rings. The van der Waals surface area contributed by atoms with Gasteiger partial charge in [-0.1, -0.05) is 18.2 Å². The zero-order valence-electron chi connectivity index (χ0n) is 27.4. The lowest BCUT2D eigenvalue weighted by Gasteiger charge is -2.35. The molecule has 2 aromatic heterocycles. The van der Waals surface area contributed by atoms with E-state index in [1.54, 1.807) is 32.6 Å². The van der Waals surface area contributed by atoms with Crippen molar-refractivity contribution in [3.8, 4) is 22.6 Å². The Morgan fingerprint density at radius 2 is 1.84 bits per heavy atom. The van der Waals surface area contributed by atoms with Crippen LogP contribution in [-0.4, -0.2) is 87.9 Å². The highest BCUT2D eigenvalue weighted by molar-refractivity contribution is 6.19. The first-order valence-electron chi connectivity index (χ1n) is 15.6. The molecule has 2 fully saturated rings. The van der Waals surface area contributed by atoms with Gasteiger partial charge in [0.1, 0.15) is 23.0 Å². The number of fused-ring (bicyclic) bond motifs is 2. The minimum absolute atomic E-state index is 0.00268. The summed E-state index contributed by atoms with van der Waals surface area (Å²) in [5.41, 5.74) is 0.266. The molecule has 3 aliphatic rings. The van der Waals surface area contributed by atoms with E-state index in [1.807, 2.05) is 17.0 Å². The van der Waals surface area contributed by atoms with Crippen molar-refractivity contribution in [2.75, 3.05) is 27.8 Å². The van der Waals surface area contributed by atoms with Crippen molar-refractivity contribution in [1.82, 2.24) is 24.7 Å². The van der Waals surface area contributed by atoms with Crippen LogP contribution in [-0.2, 0) is 37.6 Å². The van der Waals surface area contributed by atoms with Crippen molar-refractivity contribution in [1.29, 1.82) is 0 Å². The van der Waals surface area contributed by atoms with E-state index in [9.17, 15) is 33.9 Å². The maximum Gasteiger partial charge on any atom is 0.314 e. The van der Waals surface area contributed by atoms with E-state index < -0.39 is 47.0 Å². The summed E-state index contributed by atoms with van der Waals surface area (Å²) in [5.74, 6) is -4.38. The molecule has 14 heteroatoms. The van der Waals surface area contributed by atoms with Gasteiger partial charge >= 0.3 is 5.97 Å². The average Bonchev–Trinajstić information content (AvgIpc) is 3.34. The number of pyridine rings is 2. The fourth-order valence-corrected chi connectivity index (χ4v) is 7.03. The molecule has 0 radical (unpaired) electrons. The van der Waals surface area contributed by atoms with Crippen LogP contribution in [0.1, 0.15) is 24.8 Å². The van der Waals surface area contributed by atoms with Crippen LogP contribution >= 0.6 is 0 Å². The number of allylic oxidation sites excluding steroid dienone is 2. The molecule has 0 spiro atoms. The highest BCUT2D eigenvalue weighted by Crippen LogP contribution is 2.47. The van der Waals surface area contributed by atoms with Crippen LogP contribution in [0.2, 0.25) is 0 Å². The summed E-state index contributed by atoms with van der Waals surface area (Å²) in [5, 5.41) is 13.9. The number of piperidine rings is 1. The summed E-state index contributed by atoms with van der Waals surface area (Å²) in [6.45, 7) is 0.458. The van der Waals surface area contributed by atoms with Gasteiger partial charge in [-0.2, -0.15) is 0 Å². The summed E-state index contributed by atoms with van der Waals surface area (Å²) in [6.07, 6.45) is 9.09. The maximum absolute atomic E-state index is 13.8. The Kier molecular flexibility index (Phi) is 8.67. The number of nitrogens with one attached hydrogen (secondary N) is 1. The minimum atomic E-state index is -1.77. The number of hydrogen-bond acceptors (Lipinski definition) is 10.